The van der Waals surface area contributed by atoms with Gasteiger partial charge in [-0.3, -0.25) is 0 Å². The van der Waals surface area contributed by atoms with Gasteiger partial charge < -0.3 is 10.2 Å². The highest BCUT2D eigenvalue weighted by Crippen LogP contribution is 2.41. The Labute approximate surface area is 103 Å². The van der Waals surface area contributed by atoms with Crippen molar-refractivity contribution in [2.75, 3.05) is 12.3 Å². The van der Waals surface area contributed by atoms with E-state index in [2.05, 4.69) is 13.8 Å². The molecule has 0 unspecified atom stereocenters. The molecule has 17 heavy (non-hydrogen) atoms. The summed E-state index contributed by atoms with van der Waals surface area (Å²) in [5, 5.41) is 22.7. The van der Waals surface area contributed by atoms with E-state index >= 15 is 0 Å². The monoisotopic (exact) mass is 248 g/mol. The third-order valence-electron chi connectivity index (χ3n) is 3.08. The number of benzene rings is 2. The van der Waals surface area contributed by atoms with E-state index in [4.69, 9.17) is 0 Å². The Kier molecular flexibility index (Phi) is 3.54. The second-order valence-electron chi connectivity index (χ2n) is 3.98. The molecule has 0 bridgehead atoms. The topological polar surface area (TPSA) is 40.5 Å². The molecule has 2 aromatic carbocycles. The highest BCUT2D eigenvalue weighted by Gasteiger charge is 2.16. The third-order valence-corrected chi connectivity index (χ3v) is 5.63. The van der Waals surface area contributed by atoms with Crippen molar-refractivity contribution in [1.29, 1.82) is 0 Å². The number of aromatic hydroxyl groups is 2. The van der Waals surface area contributed by atoms with Crippen LogP contribution in [0.2, 0.25) is 0 Å². The molecule has 0 saturated carbocycles. The van der Waals surface area contributed by atoms with Crippen molar-refractivity contribution in [2.45, 2.75) is 13.8 Å². The molecule has 0 spiro atoms. The lowest BCUT2D eigenvalue weighted by atomic mass is 10.1. The van der Waals surface area contributed by atoms with Gasteiger partial charge in [-0.15, -0.1) is 0 Å². The highest BCUT2D eigenvalue weighted by atomic mass is 31.1. The van der Waals surface area contributed by atoms with E-state index in [0.29, 0.717) is 5.75 Å². The first-order chi connectivity index (χ1) is 8.19. The lowest BCUT2D eigenvalue weighted by Crippen LogP contribution is -2.05. The molecule has 0 amide bonds. The normalized spacial score (nSPS) is 11.2. The molecule has 2 N–H and O–H groups in total. The van der Waals surface area contributed by atoms with Gasteiger partial charge in [-0.25, -0.2) is 0 Å². The Bertz CT molecular complexity index is 533. The van der Waals surface area contributed by atoms with E-state index in [-0.39, 0.29) is 13.7 Å². The largest absolute Gasteiger partial charge is 0.507 e. The third kappa shape index (κ3) is 2.10. The molecule has 2 aromatic rings. The molecule has 0 fully saturated rings. The maximum Gasteiger partial charge on any atom is 0.131 e. The van der Waals surface area contributed by atoms with Crippen LogP contribution in [-0.2, 0) is 0 Å². The van der Waals surface area contributed by atoms with Crippen molar-refractivity contribution < 1.29 is 10.2 Å². The van der Waals surface area contributed by atoms with Crippen LogP contribution in [0, 0.1) is 0 Å². The lowest BCUT2D eigenvalue weighted by Gasteiger charge is -2.17. The van der Waals surface area contributed by atoms with Crippen molar-refractivity contribution in [3.63, 3.8) is 0 Å². The van der Waals surface area contributed by atoms with E-state index in [1.54, 1.807) is 6.07 Å². The van der Waals surface area contributed by atoms with Gasteiger partial charge in [-0.2, -0.15) is 0 Å². The summed E-state index contributed by atoms with van der Waals surface area (Å²) in [7, 11) is -0.372. The van der Waals surface area contributed by atoms with E-state index in [1.807, 2.05) is 24.3 Å². The smallest absolute Gasteiger partial charge is 0.131 e. The number of rotatable bonds is 3. The quantitative estimate of drug-likeness (QED) is 0.645. The van der Waals surface area contributed by atoms with Crippen LogP contribution in [0.15, 0.2) is 30.3 Å². The van der Waals surface area contributed by atoms with Crippen molar-refractivity contribution in [1.82, 2.24) is 0 Å². The Morgan fingerprint density at radius 1 is 1.00 bits per heavy atom. The van der Waals surface area contributed by atoms with E-state index < -0.39 is 0 Å². The van der Waals surface area contributed by atoms with E-state index in [0.717, 1.165) is 28.4 Å². The molecule has 0 aromatic heterocycles. The predicted octanol–water partition coefficient (Wildman–Crippen LogP) is 3.40. The molecule has 0 aliphatic rings. The molecule has 0 saturated heterocycles. The molecule has 3 heteroatoms. The van der Waals surface area contributed by atoms with Crippen LogP contribution in [0.1, 0.15) is 13.8 Å². The molecule has 0 atom stereocenters. The van der Waals surface area contributed by atoms with Gasteiger partial charge >= 0.3 is 0 Å². The first-order valence-corrected chi connectivity index (χ1v) is 7.58. The Hall–Kier alpha value is -1.27. The molecule has 0 aliphatic carbocycles. The molecular weight excluding hydrogens is 231 g/mol. The maximum atomic E-state index is 10.3. The van der Waals surface area contributed by atoms with Gasteiger partial charge in [0, 0.05) is 16.1 Å². The lowest BCUT2D eigenvalue weighted by molar-refractivity contribution is 0.473. The number of fused-ring (bicyclic) bond motifs is 1. The molecule has 0 heterocycles. The Morgan fingerprint density at radius 3 is 2.18 bits per heavy atom. The number of hydrogen-bond donors (Lipinski definition) is 2. The van der Waals surface area contributed by atoms with Crippen LogP contribution in [-0.4, -0.2) is 22.5 Å². The number of hydrogen-bond acceptors (Lipinski definition) is 2. The SMILES string of the molecule is CCP(CC)c1cc(O)c2ccccc2c1O. The van der Waals surface area contributed by atoms with Crippen molar-refractivity contribution in [3.05, 3.63) is 30.3 Å². The summed E-state index contributed by atoms with van der Waals surface area (Å²) in [6.45, 7) is 4.25. The van der Waals surface area contributed by atoms with Crippen LogP contribution in [0.3, 0.4) is 0 Å². The second kappa shape index (κ2) is 4.93. The van der Waals surface area contributed by atoms with Crippen LogP contribution in [0.4, 0.5) is 0 Å². The first kappa shape index (κ1) is 12.2. The van der Waals surface area contributed by atoms with Gasteiger partial charge in [0.2, 0.25) is 0 Å². The number of phenols is 2. The van der Waals surface area contributed by atoms with E-state index in [9.17, 15) is 10.2 Å². The Balaban J connectivity index is 2.70. The van der Waals surface area contributed by atoms with Gasteiger partial charge in [0.05, 0.1) is 0 Å². The van der Waals surface area contributed by atoms with Crippen LogP contribution < -0.4 is 5.30 Å². The van der Waals surface area contributed by atoms with Gasteiger partial charge in [0.1, 0.15) is 11.5 Å². The van der Waals surface area contributed by atoms with Gasteiger partial charge in [0.15, 0.2) is 0 Å². The van der Waals surface area contributed by atoms with Crippen LogP contribution in [0.5, 0.6) is 11.5 Å². The molecule has 0 aliphatic heterocycles. The summed E-state index contributed by atoms with van der Waals surface area (Å²) in [6.07, 6.45) is 2.05. The van der Waals surface area contributed by atoms with Gasteiger partial charge in [-0.1, -0.05) is 46.0 Å². The molecule has 90 valence electrons. The van der Waals surface area contributed by atoms with Crippen LogP contribution in [0.25, 0.3) is 10.8 Å². The van der Waals surface area contributed by atoms with E-state index in [1.165, 1.54) is 0 Å². The first-order valence-electron chi connectivity index (χ1n) is 5.87. The van der Waals surface area contributed by atoms with Crippen molar-refractivity contribution in [3.8, 4) is 11.5 Å². The molecule has 2 nitrogen and oxygen atoms in total. The fourth-order valence-corrected chi connectivity index (χ4v) is 3.99. The Morgan fingerprint density at radius 2 is 1.59 bits per heavy atom. The molecule has 0 radical (unpaired) electrons. The summed E-state index contributed by atoms with van der Waals surface area (Å²) in [5.74, 6) is 0.607. The van der Waals surface area contributed by atoms with Crippen molar-refractivity contribution >= 4 is 24.0 Å². The summed E-state index contributed by atoms with van der Waals surface area (Å²) in [4.78, 5) is 0. The molecular formula is C14H17O2P. The zero-order chi connectivity index (χ0) is 12.4. The highest BCUT2D eigenvalue weighted by molar-refractivity contribution is 7.65. The second-order valence-corrected chi connectivity index (χ2v) is 6.81. The summed E-state index contributed by atoms with van der Waals surface area (Å²) < 4.78 is 0. The minimum atomic E-state index is -0.372. The fourth-order valence-electron chi connectivity index (χ4n) is 2.13. The summed E-state index contributed by atoms with van der Waals surface area (Å²) >= 11 is 0. The van der Waals surface area contributed by atoms with Gasteiger partial charge in [0.25, 0.3) is 0 Å². The van der Waals surface area contributed by atoms with Crippen LogP contribution >= 0.6 is 7.92 Å². The average molecular weight is 248 g/mol. The fraction of sp³-hybridized carbons (Fsp3) is 0.286. The standard InChI is InChI=1S/C14H17O2P/c1-3-17(4-2)13-9-12(15)10-7-5-6-8-11(10)14(13)16/h5-9,15-16H,3-4H2,1-2H3. The van der Waals surface area contributed by atoms with Crippen molar-refractivity contribution in [2.24, 2.45) is 0 Å². The zero-order valence-electron chi connectivity index (χ0n) is 10.1. The molecule has 2 rings (SSSR count). The average Bonchev–Trinajstić information content (AvgIpc) is 2.37. The predicted molar refractivity (Wildman–Crippen MR) is 74.9 cm³/mol. The summed E-state index contributed by atoms with van der Waals surface area (Å²) in [5.41, 5.74) is 0. The maximum absolute atomic E-state index is 10.3. The minimum Gasteiger partial charge on any atom is -0.507 e. The van der Waals surface area contributed by atoms with Gasteiger partial charge in [-0.05, 0) is 18.4 Å². The minimum absolute atomic E-state index is 0.266. The zero-order valence-corrected chi connectivity index (χ0v) is 11.0. The summed E-state index contributed by atoms with van der Waals surface area (Å²) in [6, 6.07) is 9.16. The number of phenolic OH excluding ortho intramolecular Hbond substituents is 2.